The lowest BCUT2D eigenvalue weighted by atomic mass is 9.85. The number of piperidine rings is 2. The van der Waals surface area contributed by atoms with Gasteiger partial charge in [0.2, 0.25) is 5.91 Å². The van der Waals surface area contributed by atoms with Gasteiger partial charge in [0.25, 0.3) is 0 Å². The molecule has 2 heterocycles. The lowest BCUT2D eigenvalue weighted by molar-refractivity contribution is -0.122. The number of nitrogens with zero attached hydrogens (tertiary/aromatic N) is 1. The summed E-state index contributed by atoms with van der Waals surface area (Å²) in [6.45, 7) is 9.88. The molecule has 21 heavy (non-hydrogen) atoms. The van der Waals surface area contributed by atoms with Crippen LogP contribution in [0.2, 0.25) is 0 Å². The van der Waals surface area contributed by atoms with Crippen LogP contribution in [0, 0.1) is 11.8 Å². The molecule has 4 nitrogen and oxygen atoms in total. The van der Waals surface area contributed by atoms with Gasteiger partial charge in [0.15, 0.2) is 0 Å². The average Bonchev–Trinajstić information content (AvgIpc) is 2.54. The molecule has 0 aromatic carbocycles. The summed E-state index contributed by atoms with van der Waals surface area (Å²) in [5.41, 5.74) is 0. The molecule has 2 aliphatic rings. The zero-order chi connectivity index (χ0) is 15.1. The zero-order valence-electron chi connectivity index (χ0n) is 13.9. The molecule has 0 radical (unpaired) electrons. The Morgan fingerprint density at radius 2 is 2.00 bits per heavy atom. The van der Waals surface area contributed by atoms with E-state index in [1.54, 1.807) is 0 Å². The zero-order valence-corrected chi connectivity index (χ0v) is 13.9. The number of carbonyl (C=O) groups excluding carboxylic acids is 1. The van der Waals surface area contributed by atoms with Gasteiger partial charge in [0.1, 0.15) is 0 Å². The molecule has 1 amide bonds. The van der Waals surface area contributed by atoms with Gasteiger partial charge in [0, 0.05) is 19.0 Å². The van der Waals surface area contributed by atoms with Crippen molar-refractivity contribution in [3.05, 3.63) is 0 Å². The van der Waals surface area contributed by atoms with Crippen molar-refractivity contribution >= 4 is 5.91 Å². The summed E-state index contributed by atoms with van der Waals surface area (Å²) in [6.07, 6.45) is 7.18. The first-order valence-corrected chi connectivity index (χ1v) is 8.88. The predicted octanol–water partition coefficient (Wildman–Crippen LogP) is 2.00. The molecule has 0 bridgehead atoms. The van der Waals surface area contributed by atoms with E-state index in [2.05, 4.69) is 29.4 Å². The lowest BCUT2D eigenvalue weighted by Crippen LogP contribution is -2.45. The molecule has 2 N–H and O–H groups in total. The highest BCUT2D eigenvalue weighted by atomic mass is 16.1. The van der Waals surface area contributed by atoms with Crippen molar-refractivity contribution in [3.63, 3.8) is 0 Å². The monoisotopic (exact) mass is 295 g/mol. The minimum absolute atomic E-state index is 0.233. The summed E-state index contributed by atoms with van der Waals surface area (Å²) >= 11 is 0. The highest BCUT2D eigenvalue weighted by Gasteiger charge is 2.22. The minimum atomic E-state index is 0.233. The fourth-order valence-electron chi connectivity index (χ4n) is 3.65. The quantitative estimate of drug-likeness (QED) is 0.788. The van der Waals surface area contributed by atoms with Crippen LogP contribution in [0.1, 0.15) is 52.4 Å². The highest BCUT2D eigenvalue weighted by molar-refractivity contribution is 5.76. The highest BCUT2D eigenvalue weighted by Crippen LogP contribution is 2.22. The molecule has 3 atom stereocenters. The molecular formula is C17H33N3O. The fourth-order valence-corrected chi connectivity index (χ4v) is 3.65. The Hall–Kier alpha value is -0.610. The van der Waals surface area contributed by atoms with Crippen molar-refractivity contribution in [2.45, 2.75) is 58.4 Å². The first-order chi connectivity index (χ1) is 10.2. The number of hydrogen-bond donors (Lipinski definition) is 2. The Labute approximate surface area is 130 Å². The number of hydrogen-bond acceptors (Lipinski definition) is 3. The van der Waals surface area contributed by atoms with E-state index in [1.165, 1.54) is 45.2 Å². The van der Waals surface area contributed by atoms with Crippen LogP contribution in [0.4, 0.5) is 0 Å². The topological polar surface area (TPSA) is 44.4 Å². The number of rotatable bonds is 6. The van der Waals surface area contributed by atoms with Gasteiger partial charge in [-0.05, 0) is 70.6 Å². The van der Waals surface area contributed by atoms with Gasteiger partial charge in [0.05, 0.1) is 0 Å². The van der Waals surface area contributed by atoms with E-state index in [0.717, 1.165) is 19.6 Å². The van der Waals surface area contributed by atoms with Crippen LogP contribution in [-0.4, -0.2) is 49.6 Å². The first kappa shape index (κ1) is 16.8. The molecule has 0 aromatic rings. The van der Waals surface area contributed by atoms with E-state index in [-0.39, 0.29) is 5.91 Å². The number of amides is 1. The number of likely N-dealkylation sites (tertiary alicyclic amines) is 1. The van der Waals surface area contributed by atoms with Crippen molar-refractivity contribution in [2.75, 3.05) is 32.7 Å². The minimum Gasteiger partial charge on any atom is -0.355 e. The van der Waals surface area contributed by atoms with Crippen molar-refractivity contribution in [1.29, 1.82) is 0 Å². The van der Waals surface area contributed by atoms with E-state index in [0.29, 0.717) is 24.3 Å². The van der Waals surface area contributed by atoms with E-state index in [1.807, 2.05) is 0 Å². The summed E-state index contributed by atoms with van der Waals surface area (Å²) in [5.74, 6) is 1.39. The molecule has 2 rings (SSSR count). The second-order valence-corrected chi connectivity index (χ2v) is 7.04. The van der Waals surface area contributed by atoms with Crippen LogP contribution >= 0.6 is 0 Å². The van der Waals surface area contributed by atoms with Crippen LogP contribution in [-0.2, 0) is 4.79 Å². The molecule has 0 spiro atoms. The van der Waals surface area contributed by atoms with E-state index in [9.17, 15) is 4.79 Å². The maximum absolute atomic E-state index is 12.1. The number of carbonyl (C=O) groups is 1. The Morgan fingerprint density at radius 1 is 1.24 bits per heavy atom. The Kier molecular flexibility index (Phi) is 6.97. The maximum atomic E-state index is 12.1. The third-order valence-corrected chi connectivity index (χ3v) is 5.26. The van der Waals surface area contributed by atoms with Crippen LogP contribution in [0.5, 0.6) is 0 Å². The Bertz CT molecular complexity index is 309. The summed E-state index contributed by atoms with van der Waals surface area (Å²) in [4.78, 5) is 14.6. The summed E-state index contributed by atoms with van der Waals surface area (Å²) in [6, 6.07) is 0.473. The average molecular weight is 295 g/mol. The largest absolute Gasteiger partial charge is 0.355 e. The summed E-state index contributed by atoms with van der Waals surface area (Å²) in [7, 11) is 0. The van der Waals surface area contributed by atoms with Crippen molar-refractivity contribution in [3.8, 4) is 0 Å². The van der Waals surface area contributed by atoms with Crippen LogP contribution < -0.4 is 10.6 Å². The van der Waals surface area contributed by atoms with Gasteiger partial charge in [-0.15, -0.1) is 0 Å². The van der Waals surface area contributed by atoms with Crippen LogP contribution in [0.15, 0.2) is 0 Å². The van der Waals surface area contributed by atoms with E-state index >= 15 is 0 Å². The molecule has 0 saturated carbocycles. The molecule has 2 aliphatic heterocycles. The van der Waals surface area contributed by atoms with Crippen molar-refractivity contribution < 1.29 is 4.79 Å². The fraction of sp³-hybridized carbons (Fsp3) is 0.941. The van der Waals surface area contributed by atoms with Crippen molar-refractivity contribution in [1.82, 2.24) is 15.5 Å². The van der Waals surface area contributed by atoms with Gasteiger partial charge in [-0.25, -0.2) is 0 Å². The molecular weight excluding hydrogens is 262 g/mol. The van der Waals surface area contributed by atoms with E-state index < -0.39 is 0 Å². The standard InChI is InChI=1S/C17H33N3O/c1-14(16-7-6-8-18-13-16)11-17(21)19-12-15(2)20-9-4-3-5-10-20/h14-16,18H,3-13H2,1-2H3,(H,19,21). The van der Waals surface area contributed by atoms with E-state index in [4.69, 9.17) is 0 Å². The van der Waals surface area contributed by atoms with Gasteiger partial charge >= 0.3 is 0 Å². The molecule has 122 valence electrons. The van der Waals surface area contributed by atoms with Gasteiger partial charge < -0.3 is 10.6 Å². The molecule has 0 aromatic heterocycles. The molecule has 2 fully saturated rings. The molecule has 4 heteroatoms. The smallest absolute Gasteiger partial charge is 0.220 e. The van der Waals surface area contributed by atoms with Gasteiger partial charge in [-0.2, -0.15) is 0 Å². The Morgan fingerprint density at radius 3 is 2.67 bits per heavy atom. The number of nitrogens with one attached hydrogen (secondary N) is 2. The van der Waals surface area contributed by atoms with Crippen LogP contribution in [0.3, 0.4) is 0 Å². The second kappa shape index (κ2) is 8.74. The predicted molar refractivity (Wildman–Crippen MR) is 87.3 cm³/mol. The van der Waals surface area contributed by atoms with Crippen LogP contribution in [0.25, 0.3) is 0 Å². The maximum Gasteiger partial charge on any atom is 0.220 e. The Balaban J connectivity index is 1.64. The molecule has 0 aliphatic carbocycles. The summed E-state index contributed by atoms with van der Waals surface area (Å²) < 4.78 is 0. The SMILES string of the molecule is CC(CC(=O)NCC(C)N1CCCCC1)C1CCCNC1. The normalized spacial score (nSPS) is 27.0. The first-order valence-electron chi connectivity index (χ1n) is 8.88. The van der Waals surface area contributed by atoms with Gasteiger partial charge in [-0.3, -0.25) is 9.69 Å². The van der Waals surface area contributed by atoms with Crippen molar-refractivity contribution in [2.24, 2.45) is 11.8 Å². The molecule has 3 unspecified atom stereocenters. The third kappa shape index (κ3) is 5.59. The van der Waals surface area contributed by atoms with Gasteiger partial charge in [-0.1, -0.05) is 13.3 Å². The second-order valence-electron chi connectivity index (χ2n) is 7.04. The lowest BCUT2D eigenvalue weighted by Gasteiger charge is -2.32. The molecule has 2 saturated heterocycles. The summed E-state index contributed by atoms with van der Waals surface area (Å²) in [5, 5.41) is 6.59. The third-order valence-electron chi connectivity index (χ3n) is 5.26.